The molecule has 1 amide bonds. The van der Waals surface area contributed by atoms with Crippen LogP contribution in [0.1, 0.15) is 36.5 Å². The second-order valence-corrected chi connectivity index (χ2v) is 5.68. The van der Waals surface area contributed by atoms with Crippen molar-refractivity contribution in [2.45, 2.75) is 38.1 Å². The van der Waals surface area contributed by atoms with Gasteiger partial charge in [0.25, 0.3) is 0 Å². The lowest BCUT2D eigenvalue weighted by Gasteiger charge is -2.28. The third-order valence-electron chi connectivity index (χ3n) is 3.64. The molecule has 6 nitrogen and oxygen atoms in total. The summed E-state index contributed by atoms with van der Waals surface area (Å²) < 4.78 is 46.4. The van der Waals surface area contributed by atoms with Gasteiger partial charge in [-0.2, -0.15) is 18.3 Å². The standard InChI is InChI=1S/C15H18F3N3O3/c1-9-4-5-12(24-9)14(23,15(16,17)18)6-13(22)20-10(2)11-7-19-21(3)8-11/h4-5,7-8,10,23H,6H2,1-3H3,(H,20,22)/t10-,14-/m1/s1. The number of aliphatic hydroxyl groups is 1. The Morgan fingerprint density at radius 1 is 1.46 bits per heavy atom. The van der Waals surface area contributed by atoms with Gasteiger partial charge in [0.1, 0.15) is 11.5 Å². The average Bonchev–Trinajstić information content (AvgIpc) is 3.06. The van der Waals surface area contributed by atoms with Crippen molar-refractivity contribution in [3.8, 4) is 0 Å². The first-order chi connectivity index (χ1) is 11.0. The monoisotopic (exact) mass is 345 g/mol. The highest BCUT2D eigenvalue weighted by atomic mass is 19.4. The van der Waals surface area contributed by atoms with Crippen molar-refractivity contribution in [2.75, 3.05) is 0 Å². The van der Waals surface area contributed by atoms with Gasteiger partial charge in [0, 0.05) is 18.8 Å². The normalized spacial score (nSPS) is 15.8. The van der Waals surface area contributed by atoms with Crippen LogP contribution in [-0.2, 0) is 17.4 Å². The highest BCUT2D eigenvalue weighted by Gasteiger charge is 2.58. The van der Waals surface area contributed by atoms with Gasteiger partial charge in [0.2, 0.25) is 11.5 Å². The molecular formula is C15H18F3N3O3. The van der Waals surface area contributed by atoms with Crippen molar-refractivity contribution < 1.29 is 27.5 Å². The van der Waals surface area contributed by atoms with Crippen molar-refractivity contribution in [1.82, 2.24) is 15.1 Å². The number of hydrogen-bond acceptors (Lipinski definition) is 4. The molecule has 0 aliphatic heterocycles. The van der Waals surface area contributed by atoms with Gasteiger partial charge in [-0.25, -0.2) is 0 Å². The summed E-state index contributed by atoms with van der Waals surface area (Å²) in [7, 11) is 1.68. The molecule has 24 heavy (non-hydrogen) atoms. The summed E-state index contributed by atoms with van der Waals surface area (Å²) in [6.45, 7) is 3.06. The predicted octanol–water partition coefficient (Wildman–Crippen LogP) is 2.34. The number of nitrogens with one attached hydrogen (secondary N) is 1. The zero-order valence-corrected chi connectivity index (χ0v) is 13.4. The number of halogens is 3. The van der Waals surface area contributed by atoms with Crippen LogP contribution in [0.15, 0.2) is 28.9 Å². The Bertz CT molecular complexity index is 723. The van der Waals surface area contributed by atoms with Crippen LogP contribution >= 0.6 is 0 Å². The smallest absolute Gasteiger partial charge is 0.425 e. The Labute approximate surface area is 136 Å². The number of rotatable bonds is 5. The van der Waals surface area contributed by atoms with Gasteiger partial charge < -0.3 is 14.8 Å². The highest BCUT2D eigenvalue weighted by Crippen LogP contribution is 2.42. The van der Waals surface area contributed by atoms with E-state index >= 15 is 0 Å². The first-order valence-electron chi connectivity index (χ1n) is 7.17. The molecule has 2 heterocycles. The quantitative estimate of drug-likeness (QED) is 0.872. The fraction of sp³-hybridized carbons (Fsp3) is 0.467. The van der Waals surface area contributed by atoms with Crippen LogP contribution in [0.5, 0.6) is 0 Å². The van der Waals surface area contributed by atoms with E-state index in [4.69, 9.17) is 4.42 Å². The van der Waals surface area contributed by atoms with Crippen LogP contribution in [-0.4, -0.2) is 27.0 Å². The number of hydrogen-bond donors (Lipinski definition) is 2. The summed E-state index contributed by atoms with van der Waals surface area (Å²) in [5.41, 5.74) is -2.75. The third-order valence-corrected chi connectivity index (χ3v) is 3.64. The lowest BCUT2D eigenvalue weighted by Crippen LogP contribution is -2.46. The Kier molecular flexibility index (Phi) is 4.75. The molecule has 2 aromatic rings. The van der Waals surface area contributed by atoms with Gasteiger partial charge in [-0.1, -0.05) is 0 Å². The van der Waals surface area contributed by atoms with E-state index in [-0.39, 0.29) is 5.76 Å². The Balaban J connectivity index is 2.16. The number of nitrogens with zero attached hydrogens (tertiary/aromatic N) is 2. The lowest BCUT2D eigenvalue weighted by atomic mass is 9.95. The Morgan fingerprint density at radius 2 is 2.12 bits per heavy atom. The van der Waals surface area contributed by atoms with E-state index in [1.807, 2.05) is 0 Å². The first kappa shape index (κ1) is 18.1. The summed E-state index contributed by atoms with van der Waals surface area (Å²) >= 11 is 0. The van der Waals surface area contributed by atoms with E-state index < -0.39 is 35.9 Å². The molecule has 0 saturated heterocycles. The largest absolute Gasteiger partial charge is 0.463 e. The molecule has 0 aliphatic rings. The van der Waals surface area contributed by atoms with Gasteiger partial charge in [0.05, 0.1) is 18.7 Å². The molecule has 2 rings (SSSR count). The number of carbonyl (C=O) groups excluding carboxylic acids is 1. The van der Waals surface area contributed by atoms with Crippen molar-refractivity contribution in [2.24, 2.45) is 7.05 Å². The number of furan rings is 1. The van der Waals surface area contributed by atoms with Gasteiger partial charge in [-0.05, 0) is 26.0 Å². The molecule has 2 aromatic heterocycles. The minimum Gasteiger partial charge on any atom is -0.463 e. The molecule has 9 heteroatoms. The minimum absolute atomic E-state index is 0.205. The molecule has 132 valence electrons. The fourth-order valence-corrected chi connectivity index (χ4v) is 2.26. The van der Waals surface area contributed by atoms with Gasteiger partial charge >= 0.3 is 6.18 Å². The van der Waals surface area contributed by atoms with E-state index in [0.717, 1.165) is 6.07 Å². The van der Waals surface area contributed by atoms with Crippen LogP contribution in [0.25, 0.3) is 0 Å². The topological polar surface area (TPSA) is 80.3 Å². The summed E-state index contributed by atoms with van der Waals surface area (Å²) in [4.78, 5) is 12.0. The van der Waals surface area contributed by atoms with Crippen molar-refractivity contribution in [3.05, 3.63) is 41.6 Å². The lowest BCUT2D eigenvalue weighted by molar-refractivity contribution is -0.273. The van der Waals surface area contributed by atoms with E-state index in [0.29, 0.717) is 5.56 Å². The van der Waals surface area contributed by atoms with Crippen molar-refractivity contribution >= 4 is 5.91 Å². The van der Waals surface area contributed by atoms with E-state index in [1.54, 1.807) is 20.2 Å². The maximum atomic E-state index is 13.3. The SMILES string of the molecule is Cc1ccc([C@](O)(CC(=O)N[C@H](C)c2cnn(C)c2)C(F)(F)F)o1. The zero-order chi connectivity index (χ0) is 18.1. The molecule has 0 spiro atoms. The molecule has 0 fully saturated rings. The third kappa shape index (κ3) is 3.61. The molecule has 2 atom stereocenters. The van der Waals surface area contributed by atoms with Crippen LogP contribution in [0.4, 0.5) is 13.2 Å². The minimum atomic E-state index is -5.06. The van der Waals surface area contributed by atoms with Crippen LogP contribution < -0.4 is 5.32 Å². The van der Waals surface area contributed by atoms with E-state index in [2.05, 4.69) is 10.4 Å². The summed E-state index contributed by atoms with van der Waals surface area (Å²) in [5.74, 6) is -1.46. The molecule has 0 aromatic carbocycles. The molecule has 2 N–H and O–H groups in total. The van der Waals surface area contributed by atoms with Crippen molar-refractivity contribution in [1.29, 1.82) is 0 Å². The molecule has 0 aliphatic carbocycles. The van der Waals surface area contributed by atoms with Crippen LogP contribution in [0.2, 0.25) is 0 Å². The fourth-order valence-electron chi connectivity index (χ4n) is 2.26. The zero-order valence-electron chi connectivity index (χ0n) is 13.4. The molecule has 0 unspecified atom stereocenters. The summed E-state index contributed by atoms with van der Waals surface area (Å²) in [6, 6.07) is 1.75. The summed E-state index contributed by atoms with van der Waals surface area (Å²) in [6.07, 6.45) is -3.13. The van der Waals surface area contributed by atoms with Crippen LogP contribution in [0.3, 0.4) is 0 Å². The number of alkyl halides is 3. The maximum absolute atomic E-state index is 13.3. The summed E-state index contributed by atoms with van der Waals surface area (Å²) in [5, 5.41) is 16.4. The van der Waals surface area contributed by atoms with Gasteiger partial charge in [0.15, 0.2) is 0 Å². The second-order valence-electron chi connectivity index (χ2n) is 5.68. The number of aryl methyl sites for hydroxylation is 2. The molecule has 0 saturated carbocycles. The number of amides is 1. The van der Waals surface area contributed by atoms with Gasteiger partial charge in [-0.15, -0.1) is 0 Å². The Morgan fingerprint density at radius 3 is 2.58 bits per heavy atom. The molecular weight excluding hydrogens is 327 g/mol. The highest BCUT2D eigenvalue weighted by molar-refractivity contribution is 5.77. The van der Waals surface area contributed by atoms with Crippen molar-refractivity contribution in [3.63, 3.8) is 0 Å². The Hall–Kier alpha value is -2.29. The van der Waals surface area contributed by atoms with E-state index in [9.17, 15) is 23.1 Å². The predicted molar refractivity (Wildman–Crippen MR) is 77.8 cm³/mol. The molecule has 0 bridgehead atoms. The number of aromatic nitrogens is 2. The number of carbonyl (C=O) groups is 1. The average molecular weight is 345 g/mol. The maximum Gasteiger partial charge on any atom is 0.425 e. The van der Waals surface area contributed by atoms with Crippen LogP contribution in [0, 0.1) is 6.92 Å². The molecule has 0 radical (unpaired) electrons. The second kappa shape index (κ2) is 6.31. The van der Waals surface area contributed by atoms with Gasteiger partial charge in [-0.3, -0.25) is 9.48 Å². The van der Waals surface area contributed by atoms with E-state index in [1.165, 1.54) is 23.9 Å². The first-order valence-corrected chi connectivity index (χ1v) is 7.17.